The molecule has 122 valence electrons. The standard InChI is InChI=1S/C18H13ClFNO2S/c1-11-4-2-3-5-12(11)8-16-17(22)21(18(23)24-16)10-13-6-7-14(20)9-15(13)19/h2-9H,10H2,1H3/b16-8-. The molecule has 0 radical (unpaired) electrons. The van der Waals surface area contributed by atoms with Gasteiger partial charge in [0.05, 0.1) is 11.4 Å². The number of carbonyl (C=O) groups is 2. The van der Waals surface area contributed by atoms with E-state index in [9.17, 15) is 14.0 Å². The summed E-state index contributed by atoms with van der Waals surface area (Å²) in [6, 6.07) is 11.5. The number of carbonyl (C=O) groups excluding carboxylic acids is 2. The van der Waals surface area contributed by atoms with E-state index in [2.05, 4.69) is 0 Å². The Morgan fingerprint density at radius 2 is 1.96 bits per heavy atom. The highest BCUT2D eigenvalue weighted by molar-refractivity contribution is 8.18. The highest BCUT2D eigenvalue weighted by Gasteiger charge is 2.35. The topological polar surface area (TPSA) is 37.4 Å². The summed E-state index contributed by atoms with van der Waals surface area (Å²) in [5, 5.41) is -0.169. The number of hydrogen-bond acceptors (Lipinski definition) is 3. The lowest BCUT2D eigenvalue weighted by molar-refractivity contribution is -0.123. The highest BCUT2D eigenvalue weighted by Crippen LogP contribution is 2.34. The number of hydrogen-bond donors (Lipinski definition) is 0. The molecule has 0 aliphatic carbocycles. The quantitative estimate of drug-likeness (QED) is 0.720. The highest BCUT2D eigenvalue weighted by atomic mass is 35.5. The number of nitrogens with zero attached hydrogens (tertiary/aromatic N) is 1. The van der Waals surface area contributed by atoms with Gasteiger partial charge in [-0.3, -0.25) is 14.5 Å². The van der Waals surface area contributed by atoms with Crippen LogP contribution < -0.4 is 0 Å². The molecule has 0 aromatic heterocycles. The van der Waals surface area contributed by atoms with Crippen molar-refractivity contribution in [2.75, 3.05) is 0 Å². The molecule has 1 heterocycles. The number of benzene rings is 2. The molecule has 3 nitrogen and oxygen atoms in total. The van der Waals surface area contributed by atoms with Crippen molar-refractivity contribution in [2.45, 2.75) is 13.5 Å². The van der Waals surface area contributed by atoms with E-state index >= 15 is 0 Å². The van der Waals surface area contributed by atoms with Gasteiger partial charge in [-0.05, 0) is 53.6 Å². The Morgan fingerprint density at radius 1 is 1.21 bits per heavy atom. The average Bonchev–Trinajstić information content (AvgIpc) is 2.79. The van der Waals surface area contributed by atoms with Crippen molar-refractivity contribution in [1.29, 1.82) is 0 Å². The predicted octanol–water partition coefficient (Wildman–Crippen LogP) is 5.02. The van der Waals surface area contributed by atoms with E-state index < -0.39 is 5.82 Å². The summed E-state index contributed by atoms with van der Waals surface area (Å²) in [5.41, 5.74) is 2.44. The molecule has 2 aromatic rings. The first kappa shape index (κ1) is 16.7. The molecule has 0 spiro atoms. The molecule has 1 aliphatic heterocycles. The second kappa shape index (κ2) is 6.79. The van der Waals surface area contributed by atoms with Gasteiger partial charge in [-0.2, -0.15) is 0 Å². The third-order valence-electron chi connectivity index (χ3n) is 3.69. The largest absolute Gasteiger partial charge is 0.293 e. The molecule has 1 aliphatic rings. The zero-order chi connectivity index (χ0) is 17.3. The fourth-order valence-electron chi connectivity index (χ4n) is 2.35. The van der Waals surface area contributed by atoms with Crippen LogP contribution in [0.2, 0.25) is 5.02 Å². The van der Waals surface area contributed by atoms with Crippen molar-refractivity contribution in [2.24, 2.45) is 0 Å². The van der Waals surface area contributed by atoms with E-state index in [1.165, 1.54) is 18.2 Å². The maximum Gasteiger partial charge on any atom is 0.293 e. The van der Waals surface area contributed by atoms with Crippen LogP contribution in [0.4, 0.5) is 9.18 Å². The molecule has 0 unspecified atom stereocenters. The first-order chi connectivity index (χ1) is 11.5. The van der Waals surface area contributed by atoms with Crippen LogP contribution in [0.25, 0.3) is 6.08 Å². The number of amides is 2. The molecule has 0 atom stereocenters. The fourth-order valence-corrected chi connectivity index (χ4v) is 3.40. The summed E-state index contributed by atoms with van der Waals surface area (Å²) < 4.78 is 13.1. The third-order valence-corrected chi connectivity index (χ3v) is 4.95. The molecule has 2 amide bonds. The maximum absolute atomic E-state index is 13.1. The lowest BCUT2D eigenvalue weighted by atomic mass is 10.1. The van der Waals surface area contributed by atoms with Crippen molar-refractivity contribution in [1.82, 2.24) is 4.90 Å². The molecule has 0 saturated carbocycles. The molecule has 2 aromatic carbocycles. The van der Waals surface area contributed by atoms with Crippen molar-refractivity contribution in [3.63, 3.8) is 0 Å². The number of halogens is 2. The second-order valence-corrected chi connectivity index (χ2v) is 6.76. The van der Waals surface area contributed by atoms with Crippen molar-refractivity contribution in [3.8, 4) is 0 Å². The van der Waals surface area contributed by atoms with Crippen LogP contribution in [-0.2, 0) is 11.3 Å². The van der Waals surface area contributed by atoms with Gasteiger partial charge in [0.1, 0.15) is 5.82 Å². The Labute approximate surface area is 148 Å². The van der Waals surface area contributed by atoms with Gasteiger partial charge in [0.15, 0.2) is 0 Å². The Hall–Kier alpha value is -2.11. The second-order valence-electron chi connectivity index (χ2n) is 5.36. The van der Waals surface area contributed by atoms with E-state index in [1.54, 1.807) is 6.08 Å². The van der Waals surface area contributed by atoms with E-state index in [1.807, 2.05) is 31.2 Å². The first-order valence-corrected chi connectivity index (χ1v) is 8.40. The minimum absolute atomic E-state index is 0.0227. The minimum Gasteiger partial charge on any atom is -0.268 e. The van der Waals surface area contributed by atoms with E-state index in [0.717, 1.165) is 27.8 Å². The van der Waals surface area contributed by atoms with Crippen LogP contribution in [0.1, 0.15) is 16.7 Å². The molecule has 0 bridgehead atoms. The Morgan fingerprint density at radius 3 is 2.67 bits per heavy atom. The smallest absolute Gasteiger partial charge is 0.268 e. The number of rotatable bonds is 3. The zero-order valence-corrected chi connectivity index (χ0v) is 14.3. The van der Waals surface area contributed by atoms with Gasteiger partial charge in [-0.1, -0.05) is 41.9 Å². The molecule has 6 heteroatoms. The van der Waals surface area contributed by atoms with Crippen LogP contribution in [0, 0.1) is 12.7 Å². The van der Waals surface area contributed by atoms with Crippen LogP contribution in [0.5, 0.6) is 0 Å². The van der Waals surface area contributed by atoms with Crippen molar-refractivity contribution in [3.05, 3.63) is 74.9 Å². The summed E-state index contributed by atoms with van der Waals surface area (Å²) in [5.74, 6) is -0.828. The predicted molar refractivity (Wildman–Crippen MR) is 94.1 cm³/mol. The number of imide groups is 1. The van der Waals surface area contributed by atoms with E-state index in [0.29, 0.717) is 10.5 Å². The lowest BCUT2D eigenvalue weighted by Crippen LogP contribution is -2.27. The summed E-state index contributed by atoms with van der Waals surface area (Å²) in [4.78, 5) is 26.2. The third kappa shape index (κ3) is 3.37. The van der Waals surface area contributed by atoms with Gasteiger partial charge < -0.3 is 0 Å². The van der Waals surface area contributed by atoms with Crippen molar-refractivity contribution >= 4 is 40.6 Å². The fraction of sp³-hybridized carbons (Fsp3) is 0.111. The number of aryl methyl sites for hydroxylation is 1. The van der Waals surface area contributed by atoms with Crippen LogP contribution in [0.3, 0.4) is 0 Å². The Balaban J connectivity index is 1.85. The SMILES string of the molecule is Cc1ccccc1/C=C1\SC(=O)N(Cc2ccc(F)cc2Cl)C1=O. The molecular weight excluding hydrogens is 349 g/mol. The van der Waals surface area contributed by atoms with Gasteiger partial charge in [-0.15, -0.1) is 0 Å². The van der Waals surface area contributed by atoms with Crippen LogP contribution in [-0.4, -0.2) is 16.0 Å². The van der Waals surface area contributed by atoms with Gasteiger partial charge in [0, 0.05) is 5.02 Å². The van der Waals surface area contributed by atoms with Crippen LogP contribution >= 0.6 is 23.4 Å². The molecule has 1 saturated heterocycles. The van der Waals surface area contributed by atoms with Gasteiger partial charge in [0.2, 0.25) is 0 Å². The summed E-state index contributed by atoms with van der Waals surface area (Å²) in [6.45, 7) is 1.96. The molecule has 0 N–H and O–H groups in total. The minimum atomic E-state index is -0.461. The van der Waals surface area contributed by atoms with Crippen molar-refractivity contribution < 1.29 is 14.0 Å². The lowest BCUT2D eigenvalue weighted by Gasteiger charge is -2.13. The molecular formula is C18H13ClFNO2S. The van der Waals surface area contributed by atoms with Gasteiger partial charge >= 0.3 is 0 Å². The Kier molecular flexibility index (Phi) is 4.73. The normalized spacial score (nSPS) is 16.3. The van der Waals surface area contributed by atoms with Gasteiger partial charge in [0.25, 0.3) is 11.1 Å². The van der Waals surface area contributed by atoms with E-state index in [4.69, 9.17) is 11.6 Å². The van der Waals surface area contributed by atoms with Gasteiger partial charge in [-0.25, -0.2) is 4.39 Å². The monoisotopic (exact) mass is 361 g/mol. The van der Waals surface area contributed by atoms with E-state index in [-0.39, 0.29) is 22.7 Å². The number of thioether (sulfide) groups is 1. The summed E-state index contributed by atoms with van der Waals surface area (Å²) in [6.07, 6.45) is 1.71. The maximum atomic E-state index is 13.1. The Bertz CT molecular complexity index is 866. The first-order valence-electron chi connectivity index (χ1n) is 7.20. The summed E-state index contributed by atoms with van der Waals surface area (Å²) in [7, 11) is 0. The summed E-state index contributed by atoms with van der Waals surface area (Å²) >= 11 is 6.87. The molecule has 3 rings (SSSR count). The zero-order valence-electron chi connectivity index (χ0n) is 12.8. The van der Waals surface area contributed by atoms with Crippen LogP contribution in [0.15, 0.2) is 47.4 Å². The molecule has 1 fully saturated rings. The average molecular weight is 362 g/mol. The molecule has 24 heavy (non-hydrogen) atoms.